The van der Waals surface area contributed by atoms with E-state index in [1.165, 1.54) is 12.5 Å². The van der Waals surface area contributed by atoms with Crippen molar-refractivity contribution in [3.8, 4) is 0 Å². The second kappa shape index (κ2) is 7.00. The average molecular weight is 348 g/mol. The molecular weight excluding hydrogens is 328 g/mol. The monoisotopic (exact) mass is 348 g/mol. The number of rotatable bonds is 3. The quantitative estimate of drug-likeness (QED) is 0.762. The lowest BCUT2D eigenvalue weighted by atomic mass is 10.1. The Morgan fingerprint density at radius 3 is 2.73 bits per heavy atom. The van der Waals surface area contributed by atoms with Gasteiger partial charge in [0, 0.05) is 36.3 Å². The van der Waals surface area contributed by atoms with E-state index >= 15 is 0 Å². The van der Waals surface area contributed by atoms with Gasteiger partial charge in [0.2, 0.25) is 5.56 Å². The van der Waals surface area contributed by atoms with Gasteiger partial charge in [0.15, 0.2) is 5.82 Å². The molecule has 6 nitrogen and oxygen atoms in total. The normalized spacial score (nSPS) is 14.4. The van der Waals surface area contributed by atoms with Gasteiger partial charge in [-0.1, -0.05) is 18.2 Å². The average Bonchev–Trinajstić information content (AvgIpc) is 2.68. The maximum Gasteiger partial charge on any atom is 0.256 e. The molecule has 0 spiro atoms. The number of fused-ring (bicyclic) bond motifs is 1. The summed E-state index contributed by atoms with van der Waals surface area (Å²) in [4.78, 5) is 34.3. The van der Waals surface area contributed by atoms with E-state index in [1.807, 2.05) is 24.3 Å². The molecule has 26 heavy (non-hydrogen) atoms. The zero-order valence-corrected chi connectivity index (χ0v) is 14.4. The highest BCUT2D eigenvalue weighted by Crippen LogP contribution is 2.26. The summed E-state index contributed by atoms with van der Waals surface area (Å²) in [5.74, 6) is 0.480. The van der Waals surface area contributed by atoms with Crippen molar-refractivity contribution in [1.82, 2.24) is 9.97 Å². The summed E-state index contributed by atoms with van der Waals surface area (Å²) in [5.41, 5.74) is 1.38. The summed E-state index contributed by atoms with van der Waals surface area (Å²) in [6, 6.07) is 12.3. The van der Waals surface area contributed by atoms with Gasteiger partial charge in [-0.15, -0.1) is 0 Å². The lowest BCUT2D eigenvalue weighted by Crippen LogP contribution is -2.31. The van der Waals surface area contributed by atoms with E-state index < -0.39 is 0 Å². The molecule has 4 rings (SSSR count). The zero-order valence-electron chi connectivity index (χ0n) is 14.4. The first-order valence-electron chi connectivity index (χ1n) is 8.86. The predicted molar refractivity (Wildman–Crippen MR) is 103 cm³/mol. The maximum atomic E-state index is 12.9. The number of carbonyl (C=O) groups is 1. The van der Waals surface area contributed by atoms with Crippen LogP contribution in [0.1, 0.15) is 29.6 Å². The van der Waals surface area contributed by atoms with Gasteiger partial charge in [0.1, 0.15) is 0 Å². The molecule has 132 valence electrons. The molecular formula is C20H20N4O2. The molecule has 3 aromatic rings. The number of nitrogens with one attached hydrogen (secondary N) is 2. The number of piperidine rings is 1. The fraction of sp³-hybridized carbons (Fsp3) is 0.250. The first-order chi connectivity index (χ1) is 12.7. The highest BCUT2D eigenvalue weighted by Gasteiger charge is 2.18. The van der Waals surface area contributed by atoms with Crippen LogP contribution < -0.4 is 15.8 Å². The molecule has 2 N–H and O–H groups in total. The number of H-pyrrole nitrogens is 1. The number of aromatic nitrogens is 2. The van der Waals surface area contributed by atoms with Crippen LogP contribution >= 0.6 is 0 Å². The lowest BCUT2D eigenvalue weighted by Gasteiger charge is -2.29. The molecule has 2 aromatic heterocycles. The molecule has 0 aliphatic carbocycles. The molecule has 0 saturated carbocycles. The molecule has 1 fully saturated rings. The summed E-state index contributed by atoms with van der Waals surface area (Å²) in [5, 5.41) is 3.66. The largest absolute Gasteiger partial charge is 0.355 e. The third kappa shape index (κ3) is 3.18. The van der Waals surface area contributed by atoms with Crippen molar-refractivity contribution in [2.24, 2.45) is 0 Å². The van der Waals surface area contributed by atoms with Crippen molar-refractivity contribution >= 4 is 28.3 Å². The minimum Gasteiger partial charge on any atom is -0.355 e. The molecule has 0 unspecified atom stereocenters. The van der Waals surface area contributed by atoms with E-state index in [9.17, 15) is 9.59 Å². The molecule has 3 heterocycles. The summed E-state index contributed by atoms with van der Waals surface area (Å²) >= 11 is 0. The standard InChI is InChI=1S/C20H20N4O2/c25-18-13-15(14-7-2-3-8-16(14)22-18)20(26)23-17-9-6-10-21-19(17)24-11-4-1-5-12-24/h2-3,6-10,13H,1,4-5,11-12H2,(H,22,25)(H,23,26). The van der Waals surface area contributed by atoms with Gasteiger partial charge in [-0.3, -0.25) is 9.59 Å². The molecule has 1 aromatic carbocycles. The van der Waals surface area contributed by atoms with Gasteiger partial charge < -0.3 is 15.2 Å². The van der Waals surface area contributed by atoms with Crippen molar-refractivity contribution in [3.05, 3.63) is 64.6 Å². The molecule has 0 atom stereocenters. The van der Waals surface area contributed by atoms with Crippen LogP contribution in [0.2, 0.25) is 0 Å². The Hall–Kier alpha value is -3.15. The van der Waals surface area contributed by atoms with Crippen molar-refractivity contribution in [1.29, 1.82) is 0 Å². The Balaban J connectivity index is 1.69. The Kier molecular flexibility index (Phi) is 4.39. The van der Waals surface area contributed by atoms with Crippen molar-refractivity contribution in [2.45, 2.75) is 19.3 Å². The van der Waals surface area contributed by atoms with Crippen LogP contribution in [0.25, 0.3) is 10.9 Å². The third-order valence-corrected chi connectivity index (χ3v) is 4.69. The third-order valence-electron chi connectivity index (χ3n) is 4.69. The number of pyridine rings is 2. The number of hydrogen-bond acceptors (Lipinski definition) is 4. The second-order valence-corrected chi connectivity index (χ2v) is 6.47. The summed E-state index contributed by atoms with van der Waals surface area (Å²) < 4.78 is 0. The lowest BCUT2D eigenvalue weighted by molar-refractivity contribution is 0.102. The first kappa shape index (κ1) is 16.3. The number of amides is 1. The molecule has 1 amide bonds. The van der Waals surface area contributed by atoms with Crippen molar-refractivity contribution in [2.75, 3.05) is 23.3 Å². The maximum absolute atomic E-state index is 12.9. The molecule has 1 saturated heterocycles. The minimum atomic E-state index is -0.307. The van der Waals surface area contributed by atoms with Crippen LogP contribution in [0.5, 0.6) is 0 Å². The van der Waals surface area contributed by atoms with E-state index in [4.69, 9.17) is 0 Å². The predicted octanol–water partition coefficient (Wildman–Crippen LogP) is 3.17. The Bertz CT molecular complexity index is 1010. The van der Waals surface area contributed by atoms with Gasteiger partial charge in [0.25, 0.3) is 5.91 Å². The van der Waals surface area contributed by atoms with E-state index in [-0.39, 0.29) is 11.5 Å². The molecule has 1 aliphatic rings. The van der Waals surface area contributed by atoms with Gasteiger partial charge in [-0.25, -0.2) is 4.98 Å². The van der Waals surface area contributed by atoms with Crippen LogP contribution in [0.4, 0.5) is 11.5 Å². The van der Waals surface area contributed by atoms with E-state index in [1.54, 1.807) is 18.3 Å². The zero-order chi connectivity index (χ0) is 17.9. The van der Waals surface area contributed by atoms with Crippen LogP contribution in [0.3, 0.4) is 0 Å². The fourth-order valence-corrected chi connectivity index (χ4v) is 3.43. The number of nitrogens with zero attached hydrogens (tertiary/aromatic N) is 2. The van der Waals surface area contributed by atoms with Crippen LogP contribution in [-0.4, -0.2) is 29.0 Å². The fourth-order valence-electron chi connectivity index (χ4n) is 3.43. The van der Waals surface area contributed by atoms with E-state index in [0.717, 1.165) is 31.7 Å². The summed E-state index contributed by atoms with van der Waals surface area (Å²) in [6.07, 6.45) is 5.22. The van der Waals surface area contributed by atoms with Crippen molar-refractivity contribution in [3.63, 3.8) is 0 Å². The highest BCUT2D eigenvalue weighted by atomic mass is 16.2. The number of carbonyl (C=O) groups excluding carboxylic acids is 1. The van der Waals surface area contributed by atoms with E-state index in [0.29, 0.717) is 22.2 Å². The topological polar surface area (TPSA) is 78.1 Å². The number of aromatic amines is 1. The number of para-hydroxylation sites is 1. The molecule has 0 bridgehead atoms. The molecule has 1 aliphatic heterocycles. The number of benzene rings is 1. The van der Waals surface area contributed by atoms with E-state index in [2.05, 4.69) is 20.2 Å². The van der Waals surface area contributed by atoms with Gasteiger partial charge in [-0.05, 0) is 37.5 Å². The minimum absolute atomic E-state index is 0.295. The van der Waals surface area contributed by atoms with Crippen LogP contribution in [0, 0.1) is 0 Å². The van der Waals surface area contributed by atoms with Gasteiger partial charge in [0.05, 0.1) is 11.3 Å². The smallest absolute Gasteiger partial charge is 0.256 e. The van der Waals surface area contributed by atoms with Crippen molar-refractivity contribution < 1.29 is 4.79 Å². The first-order valence-corrected chi connectivity index (χ1v) is 8.86. The number of hydrogen-bond donors (Lipinski definition) is 2. The second-order valence-electron chi connectivity index (χ2n) is 6.47. The summed E-state index contributed by atoms with van der Waals surface area (Å²) in [7, 11) is 0. The van der Waals surface area contributed by atoms with Gasteiger partial charge in [-0.2, -0.15) is 0 Å². The Labute approximate surface area is 150 Å². The van der Waals surface area contributed by atoms with Gasteiger partial charge >= 0.3 is 0 Å². The Morgan fingerprint density at radius 2 is 1.88 bits per heavy atom. The number of anilines is 2. The highest BCUT2D eigenvalue weighted by molar-refractivity contribution is 6.13. The Morgan fingerprint density at radius 1 is 1.08 bits per heavy atom. The van der Waals surface area contributed by atoms with Crippen LogP contribution in [-0.2, 0) is 0 Å². The SMILES string of the molecule is O=C(Nc1cccnc1N1CCCCC1)c1cc(=O)[nH]c2ccccc12. The molecule has 6 heteroatoms. The molecule has 0 radical (unpaired) electrons. The van der Waals surface area contributed by atoms with Crippen LogP contribution in [0.15, 0.2) is 53.5 Å². The summed E-state index contributed by atoms with van der Waals surface area (Å²) in [6.45, 7) is 1.88.